The molecule has 0 unspecified atom stereocenters. The van der Waals surface area contributed by atoms with Gasteiger partial charge in [0.15, 0.2) is 6.61 Å². The number of carbonyl (C=O) groups excluding carboxylic acids is 1. The average molecular weight is 336 g/mol. The number of hydrogen-bond donors (Lipinski definition) is 1. The van der Waals surface area contributed by atoms with Crippen LogP contribution in [0.2, 0.25) is 5.02 Å². The molecular formula is C17H18ClNO4. The second-order valence-electron chi connectivity index (χ2n) is 4.74. The summed E-state index contributed by atoms with van der Waals surface area (Å²) in [5, 5.41) is 3.40. The molecule has 0 heterocycles. The van der Waals surface area contributed by atoms with E-state index in [1.807, 2.05) is 12.1 Å². The van der Waals surface area contributed by atoms with E-state index in [0.717, 1.165) is 5.56 Å². The number of halogens is 1. The van der Waals surface area contributed by atoms with Crippen molar-refractivity contribution in [1.29, 1.82) is 0 Å². The van der Waals surface area contributed by atoms with Crippen LogP contribution in [0.5, 0.6) is 17.2 Å². The summed E-state index contributed by atoms with van der Waals surface area (Å²) in [6, 6.07) is 12.3. The molecular weight excluding hydrogens is 318 g/mol. The van der Waals surface area contributed by atoms with Gasteiger partial charge in [-0.05, 0) is 42.0 Å². The molecule has 6 heteroatoms. The zero-order valence-corrected chi connectivity index (χ0v) is 13.7. The van der Waals surface area contributed by atoms with Crippen molar-refractivity contribution < 1.29 is 19.0 Å². The fraction of sp³-hybridized carbons (Fsp3) is 0.235. The number of methoxy groups -OCH3 is 2. The lowest BCUT2D eigenvalue weighted by atomic mass is 10.2. The van der Waals surface area contributed by atoms with E-state index in [4.69, 9.17) is 25.8 Å². The maximum absolute atomic E-state index is 11.8. The lowest BCUT2D eigenvalue weighted by molar-refractivity contribution is -0.123. The van der Waals surface area contributed by atoms with E-state index >= 15 is 0 Å². The molecule has 5 nitrogen and oxygen atoms in total. The molecule has 23 heavy (non-hydrogen) atoms. The van der Waals surface area contributed by atoms with Crippen molar-refractivity contribution in [3.63, 3.8) is 0 Å². The molecule has 0 aromatic heterocycles. The van der Waals surface area contributed by atoms with Crippen LogP contribution in [-0.2, 0) is 11.3 Å². The Kier molecular flexibility index (Phi) is 6.11. The van der Waals surface area contributed by atoms with Gasteiger partial charge in [-0.3, -0.25) is 4.79 Å². The number of carbonyl (C=O) groups is 1. The summed E-state index contributed by atoms with van der Waals surface area (Å²) in [7, 11) is 3.16. The summed E-state index contributed by atoms with van der Waals surface area (Å²) in [4.78, 5) is 11.8. The van der Waals surface area contributed by atoms with Gasteiger partial charge in [0.25, 0.3) is 5.91 Å². The fourth-order valence-corrected chi connectivity index (χ4v) is 2.03. The van der Waals surface area contributed by atoms with Gasteiger partial charge in [0.1, 0.15) is 17.2 Å². The highest BCUT2D eigenvalue weighted by Gasteiger charge is 2.06. The van der Waals surface area contributed by atoms with Crippen LogP contribution in [0.1, 0.15) is 5.56 Å². The first-order valence-corrected chi connectivity index (χ1v) is 7.35. The van der Waals surface area contributed by atoms with Gasteiger partial charge in [-0.15, -0.1) is 0 Å². The molecule has 0 saturated heterocycles. The number of rotatable bonds is 7. The largest absolute Gasteiger partial charge is 0.497 e. The lowest BCUT2D eigenvalue weighted by Gasteiger charge is -2.10. The molecule has 1 N–H and O–H groups in total. The van der Waals surface area contributed by atoms with Crippen LogP contribution in [0.15, 0.2) is 42.5 Å². The van der Waals surface area contributed by atoms with Crippen LogP contribution in [0, 0.1) is 0 Å². The first-order valence-electron chi connectivity index (χ1n) is 6.97. The minimum Gasteiger partial charge on any atom is -0.497 e. The Morgan fingerprint density at radius 1 is 1.00 bits per heavy atom. The average Bonchev–Trinajstić information content (AvgIpc) is 2.59. The molecule has 2 aromatic carbocycles. The Hall–Kier alpha value is -2.40. The number of nitrogens with one attached hydrogen (secondary N) is 1. The minimum absolute atomic E-state index is 0.0667. The SMILES string of the molecule is COc1cc(CNC(=O)COc2ccc(Cl)cc2)cc(OC)c1. The van der Waals surface area contributed by atoms with E-state index in [2.05, 4.69) is 5.32 Å². The van der Waals surface area contributed by atoms with Crippen molar-refractivity contribution in [2.45, 2.75) is 6.54 Å². The third-order valence-electron chi connectivity index (χ3n) is 3.08. The standard InChI is InChI=1S/C17H18ClNO4/c1-21-15-7-12(8-16(9-15)22-2)10-19-17(20)11-23-14-5-3-13(18)4-6-14/h3-9H,10-11H2,1-2H3,(H,19,20). The van der Waals surface area contributed by atoms with Gasteiger partial charge in [-0.1, -0.05) is 11.6 Å². The molecule has 2 aromatic rings. The maximum atomic E-state index is 11.8. The Bertz CT molecular complexity index is 636. The predicted octanol–water partition coefficient (Wildman–Crippen LogP) is 3.05. The van der Waals surface area contributed by atoms with Crippen LogP contribution in [0.25, 0.3) is 0 Å². The second kappa shape index (κ2) is 8.29. The Morgan fingerprint density at radius 2 is 1.61 bits per heavy atom. The summed E-state index contributed by atoms with van der Waals surface area (Å²) in [6.07, 6.45) is 0. The third-order valence-corrected chi connectivity index (χ3v) is 3.34. The Morgan fingerprint density at radius 3 is 2.17 bits per heavy atom. The summed E-state index contributed by atoms with van der Waals surface area (Å²) in [6.45, 7) is 0.291. The van der Waals surface area contributed by atoms with Crippen LogP contribution in [0.3, 0.4) is 0 Å². The van der Waals surface area contributed by atoms with Gasteiger partial charge < -0.3 is 19.5 Å². The number of benzene rings is 2. The minimum atomic E-state index is -0.221. The molecule has 2 rings (SSSR count). The molecule has 0 fully saturated rings. The zero-order chi connectivity index (χ0) is 16.7. The van der Waals surface area contributed by atoms with E-state index < -0.39 is 0 Å². The number of hydrogen-bond acceptors (Lipinski definition) is 4. The molecule has 0 spiro atoms. The second-order valence-corrected chi connectivity index (χ2v) is 5.18. The smallest absolute Gasteiger partial charge is 0.258 e. The molecule has 0 aliphatic carbocycles. The molecule has 0 bridgehead atoms. The number of ether oxygens (including phenoxy) is 3. The third kappa shape index (κ3) is 5.38. The molecule has 0 aliphatic heterocycles. The quantitative estimate of drug-likeness (QED) is 0.845. The lowest BCUT2D eigenvalue weighted by Crippen LogP contribution is -2.28. The van der Waals surface area contributed by atoms with Gasteiger partial charge in [0, 0.05) is 17.6 Å². The number of amides is 1. The summed E-state index contributed by atoms with van der Waals surface area (Å²) in [5.41, 5.74) is 0.876. The van der Waals surface area contributed by atoms with Crippen LogP contribution >= 0.6 is 11.6 Å². The van der Waals surface area contributed by atoms with Crippen molar-refractivity contribution in [2.75, 3.05) is 20.8 Å². The first kappa shape index (κ1) is 17.0. The maximum Gasteiger partial charge on any atom is 0.258 e. The highest BCUT2D eigenvalue weighted by Crippen LogP contribution is 2.22. The summed E-state index contributed by atoms with van der Waals surface area (Å²) >= 11 is 5.79. The fourth-order valence-electron chi connectivity index (χ4n) is 1.90. The molecule has 0 atom stereocenters. The van der Waals surface area contributed by atoms with Crippen LogP contribution in [0.4, 0.5) is 0 Å². The van der Waals surface area contributed by atoms with Gasteiger partial charge in [-0.25, -0.2) is 0 Å². The van der Waals surface area contributed by atoms with E-state index in [0.29, 0.717) is 28.8 Å². The van der Waals surface area contributed by atoms with Gasteiger partial charge >= 0.3 is 0 Å². The van der Waals surface area contributed by atoms with Crippen molar-refractivity contribution in [1.82, 2.24) is 5.32 Å². The predicted molar refractivity (Wildman–Crippen MR) is 88.3 cm³/mol. The Balaban J connectivity index is 1.85. The van der Waals surface area contributed by atoms with Crippen LogP contribution < -0.4 is 19.5 Å². The molecule has 122 valence electrons. The van der Waals surface area contributed by atoms with E-state index in [1.54, 1.807) is 44.6 Å². The van der Waals surface area contributed by atoms with Gasteiger partial charge in [0.05, 0.1) is 14.2 Å². The normalized spacial score (nSPS) is 10.0. The monoisotopic (exact) mass is 335 g/mol. The highest BCUT2D eigenvalue weighted by atomic mass is 35.5. The van der Waals surface area contributed by atoms with Crippen molar-refractivity contribution in [3.05, 3.63) is 53.1 Å². The zero-order valence-electron chi connectivity index (χ0n) is 13.0. The summed E-state index contributed by atoms with van der Waals surface area (Å²) in [5.74, 6) is 1.71. The van der Waals surface area contributed by atoms with Crippen molar-refractivity contribution >= 4 is 17.5 Å². The molecule has 0 radical (unpaired) electrons. The van der Waals surface area contributed by atoms with E-state index in [9.17, 15) is 4.79 Å². The van der Waals surface area contributed by atoms with Crippen molar-refractivity contribution in [2.24, 2.45) is 0 Å². The van der Waals surface area contributed by atoms with E-state index in [1.165, 1.54) is 0 Å². The van der Waals surface area contributed by atoms with Crippen LogP contribution in [-0.4, -0.2) is 26.7 Å². The van der Waals surface area contributed by atoms with E-state index in [-0.39, 0.29) is 12.5 Å². The molecule has 1 amide bonds. The first-order chi connectivity index (χ1) is 11.1. The van der Waals surface area contributed by atoms with Gasteiger partial charge in [0.2, 0.25) is 0 Å². The molecule has 0 saturated carbocycles. The molecule has 0 aliphatic rings. The summed E-state index contributed by atoms with van der Waals surface area (Å²) < 4.78 is 15.8. The highest BCUT2D eigenvalue weighted by molar-refractivity contribution is 6.30. The van der Waals surface area contributed by atoms with Crippen molar-refractivity contribution in [3.8, 4) is 17.2 Å². The topological polar surface area (TPSA) is 56.8 Å². The Labute approximate surface area is 140 Å². The van der Waals surface area contributed by atoms with Gasteiger partial charge in [-0.2, -0.15) is 0 Å².